The van der Waals surface area contributed by atoms with Gasteiger partial charge in [0.05, 0.1) is 5.69 Å². The van der Waals surface area contributed by atoms with Crippen molar-refractivity contribution in [2.75, 3.05) is 0 Å². The van der Waals surface area contributed by atoms with Gasteiger partial charge in [0.25, 0.3) is 6.43 Å². The Balaban J connectivity index is 2.52. The van der Waals surface area contributed by atoms with Gasteiger partial charge in [0.15, 0.2) is 0 Å². The molecule has 2 rings (SSSR count). The summed E-state index contributed by atoms with van der Waals surface area (Å²) in [5.74, 6) is 0. The van der Waals surface area contributed by atoms with E-state index in [1.54, 1.807) is 6.07 Å². The van der Waals surface area contributed by atoms with Crippen LogP contribution in [0.2, 0.25) is 5.28 Å². The van der Waals surface area contributed by atoms with Gasteiger partial charge in [-0.25, -0.2) is 18.7 Å². The first-order valence-corrected chi connectivity index (χ1v) is 5.34. The maximum atomic E-state index is 12.6. The zero-order valence-electron chi connectivity index (χ0n) is 8.99. The Morgan fingerprint density at radius 2 is 1.94 bits per heavy atom. The second-order valence-corrected chi connectivity index (χ2v) is 3.96. The Morgan fingerprint density at radius 3 is 2.59 bits per heavy atom. The summed E-state index contributed by atoms with van der Waals surface area (Å²) >= 11 is 5.63. The van der Waals surface area contributed by atoms with Gasteiger partial charge in [-0.05, 0) is 30.7 Å². The van der Waals surface area contributed by atoms with Crippen LogP contribution < -0.4 is 0 Å². The molecule has 2 nitrogen and oxygen atoms in total. The molecule has 2 aromatic rings. The molecule has 0 bridgehead atoms. The predicted octanol–water partition coefficient (Wildman–Crippen LogP) is 4.04. The minimum Gasteiger partial charge on any atom is -0.218 e. The van der Waals surface area contributed by atoms with Crippen molar-refractivity contribution in [2.45, 2.75) is 13.3 Å². The third-order valence-corrected chi connectivity index (χ3v) is 2.43. The van der Waals surface area contributed by atoms with Crippen LogP contribution in [0, 0.1) is 6.92 Å². The van der Waals surface area contributed by atoms with Gasteiger partial charge in [-0.1, -0.05) is 23.8 Å². The van der Waals surface area contributed by atoms with Gasteiger partial charge >= 0.3 is 0 Å². The molecule has 88 valence electrons. The summed E-state index contributed by atoms with van der Waals surface area (Å²) in [6.45, 7) is 1.92. The van der Waals surface area contributed by atoms with E-state index in [1.807, 2.05) is 25.1 Å². The van der Waals surface area contributed by atoms with Gasteiger partial charge in [-0.3, -0.25) is 0 Å². The average Bonchev–Trinajstić information content (AvgIpc) is 2.28. The highest BCUT2D eigenvalue weighted by Gasteiger charge is 2.13. The van der Waals surface area contributed by atoms with Gasteiger partial charge in [-0.2, -0.15) is 0 Å². The molecule has 0 spiro atoms. The number of aromatic nitrogens is 2. The van der Waals surface area contributed by atoms with Crippen LogP contribution in [0.4, 0.5) is 8.78 Å². The van der Waals surface area contributed by atoms with Gasteiger partial charge in [0.1, 0.15) is 5.69 Å². The molecule has 0 aliphatic heterocycles. The second-order valence-electron chi connectivity index (χ2n) is 3.62. The highest BCUT2D eigenvalue weighted by Crippen LogP contribution is 2.24. The van der Waals surface area contributed by atoms with E-state index in [9.17, 15) is 8.78 Å². The number of hydrogen-bond donors (Lipinski definition) is 0. The minimum absolute atomic E-state index is 0.167. The molecule has 1 aromatic heterocycles. The van der Waals surface area contributed by atoms with E-state index in [1.165, 1.54) is 6.07 Å². The first kappa shape index (κ1) is 11.9. The molecular formula is C12H9ClF2N2. The molecule has 0 saturated heterocycles. The van der Waals surface area contributed by atoms with Crippen LogP contribution in [0.15, 0.2) is 30.3 Å². The summed E-state index contributed by atoms with van der Waals surface area (Å²) in [7, 11) is 0. The van der Waals surface area contributed by atoms with E-state index in [2.05, 4.69) is 9.97 Å². The molecular weight excluding hydrogens is 246 g/mol. The first-order chi connectivity index (χ1) is 8.06. The maximum absolute atomic E-state index is 12.6. The Hall–Kier alpha value is -1.55. The van der Waals surface area contributed by atoms with Crippen LogP contribution in [-0.2, 0) is 0 Å². The summed E-state index contributed by atoms with van der Waals surface area (Å²) in [6, 6.07) is 8.66. The summed E-state index contributed by atoms with van der Waals surface area (Å²) in [5, 5.41) is -0.167. The molecule has 0 saturated carbocycles. The van der Waals surface area contributed by atoms with Crippen molar-refractivity contribution in [1.82, 2.24) is 9.97 Å². The van der Waals surface area contributed by atoms with Crippen LogP contribution in [-0.4, -0.2) is 9.97 Å². The van der Waals surface area contributed by atoms with Crippen LogP contribution in [0.1, 0.15) is 17.7 Å². The van der Waals surface area contributed by atoms with Crippen LogP contribution >= 0.6 is 11.6 Å². The summed E-state index contributed by atoms with van der Waals surface area (Å²) in [4.78, 5) is 7.43. The molecule has 0 amide bonds. The van der Waals surface area contributed by atoms with Gasteiger partial charge in [0, 0.05) is 5.56 Å². The molecule has 1 aromatic carbocycles. The van der Waals surface area contributed by atoms with Crippen LogP contribution in [0.3, 0.4) is 0 Å². The highest BCUT2D eigenvalue weighted by molar-refractivity contribution is 6.28. The van der Waals surface area contributed by atoms with E-state index < -0.39 is 6.43 Å². The zero-order valence-corrected chi connectivity index (χ0v) is 9.75. The quantitative estimate of drug-likeness (QED) is 0.756. The van der Waals surface area contributed by atoms with Gasteiger partial charge < -0.3 is 0 Å². The molecule has 0 radical (unpaired) electrons. The van der Waals surface area contributed by atoms with Crippen LogP contribution in [0.5, 0.6) is 0 Å². The monoisotopic (exact) mass is 254 g/mol. The van der Waals surface area contributed by atoms with Crippen LogP contribution in [0.25, 0.3) is 11.3 Å². The second kappa shape index (κ2) is 4.75. The Bertz CT molecular complexity index is 544. The lowest BCUT2D eigenvalue weighted by Gasteiger charge is -2.05. The van der Waals surface area contributed by atoms with Crippen molar-refractivity contribution in [2.24, 2.45) is 0 Å². The lowest BCUT2D eigenvalue weighted by molar-refractivity contribution is 0.146. The smallest absolute Gasteiger partial charge is 0.218 e. The summed E-state index contributed by atoms with van der Waals surface area (Å²) in [6.07, 6.45) is -2.65. The molecule has 0 aliphatic rings. The first-order valence-electron chi connectivity index (χ1n) is 4.96. The molecule has 0 aliphatic carbocycles. The van der Waals surface area contributed by atoms with Crippen molar-refractivity contribution in [3.63, 3.8) is 0 Å². The number of rotatable bonds is 2. The lowest BCUT2D eigenvalue weighted by Crippen LogP contribution is -1.95. The normalized spacial score (nSPS) is 10.9. The Labute approximate surface area is 102 Å². The number of benzene rings is 1. The predicted molar refractivity (Wildman–Crippen MR) is 62.2 cm³/mol. The van der Waals surface area contributed by atoms with E-state index in [-0.39, 0.29) is 11.0 Å². The number of halogens is 3. The molecule has 5 heteroatoms. The number of aryl methyl sites for hydroxylation is 1. The standard InChI is InChI=1S/C12H9ClF2N2/c1-7-3-2-4-8(5-7)9-6-10(11(14)15)17-12(13)16-9/h2-6,11H,1H3. The maximum Gasteiger partial charge on any atom is 0.280 e. The third kappa shape index (κ3) is 2.77. The van der Waals surface area contributed by atoms with Crippen molar-refractivity contribution in [3.8, 4) is 11.3 Å². The van der Waals surface area contributed by atoms with Crippen molar-refractivity contribution < 1.29 is 8.78 Å². The fourth-order valence-electron chi connectivity index (χ4n) is 1.50. The number of nitrogens with zero attached hydrogens (tertiary/aromatic N) is 2. The van der Waals surface area contributed by atoms with Crippen molar-refractivity contribution >= 4 is 11.6 Å². The fourth-order valence-corrected chi connectivity index (χ4v) is 1.69. The zero-order chi connectivity index (χ0) is 12.4. The van der Waals surface area contributed by atoms with E-state index in [0.717, 1.165) is 11.1 Å². The highest BCUT2D eigenvalue weighted by atomic mass is 35.5. The minimum atomic E-state index is -2.65. The number of alkyl halides is 2. The SMILES string of the molecule is Cc1cccc(-c2cc(C(F)F)nc(Cl)n2)c1. The van der Waals surface area contributed by atoms with Gasteiger partial charge in [0.2, 0.25) is 5.28 Å². The van der Waals surface area contributed by atoms with Gasteiger partial charge in [-0.15, -0.1) is 0 Å². The fraction of sp³-hybridized carbons (Fsp3) is 0.167. The van der Waals surface area contributed by atoms with E-state index in [4.69, 9.17) is 11.6 Å². The van der Waals surface area contributed by atoms with Crippen molar-refractivity contribution in [3.05, 3.63) is 46.9 Å². The molecule has 0 N–H and O–H groups in total. The van der Waals surface area contributed by atoms with Crippen molar-refractivity contribution in [1.29, 1.82) is 0 Å². The molecule has 0 atom stereocenters. The summed E-state index contributed by atoms with van der Waals surface area (Å²) in [5.41, 5.74) is 1.82. The largest absolute Gasteiger partial charge is 0.280 e. The molecule has 17 heavy (non-hydrogen) atoms. The molecule has 0 unspecified atom stereocenters. The van der Waals surface area contributed by atoms with E-state index >= 15 is 0 Å². The topological polar surface area (TPSA) is 25.8 Å². The Morgan fingerprint density at radius 1 is 1.18 bits per heavy atom. The summed E-state index contributed by atoms with van der Waals surface area (Å²) < 4.78 is 25.1. The van der Waals surface area contributed by atoms with E-state index in [0.29, 0.717) is 5.69 Å². The third-order valence-electron chi connectivity index (χ3n) is 2.26. The lowest BCUT2D eigenvalue weighted by atomic mass is 10.1. The Kier molecular flexibility index (Phi) is 3.33. The molecule has 0 fully saturated rings. The number of hydrogen-bond acceptors (Lipinski definition) is 2. The molecule has 1 heterocycles. The average molecular weight is 255 g/mol.